The van der Waals surface area contributed by atoms with E-state index in [-0.39, 0.29) is 11.4 Å². The fraction of sp³-hybridized carbons (Fsp3) is 0.400. The molecule has 4 nitrogen and oxygen atoms in total. The molecule has 1 aromatic carbocycles. The first kappa shape index (κ1) is 14.4. The summed E-state index contributed by atoms with van der Waals surface area (Å²) >= 11 is 6.15. The molecule has 0 spiro atoms. The number of aromatic amines is 1. The number of aromatic nitrogens is 2. The number of benzene rings is 1. The molecular formula is C15H17ClFN3O. The van der Waals surface area contributed by atoms with E-state index < -0.39 is 0 Å². The van der Waals surface area contributed by atoms with Crippen LogP contribution in [0.4, 0.5) is 10.2 Å². The van der Waals surface area contributed by atoms with Crippen molar-refractivity contribution in [1.29, 1.82) is 0 Å². The lowest BCUT2D eigenvalue weighted by Crippen LogP contribution is -2.41. The number of hydrogen-bond donors (Lipinski definition) is 2. The number of halogens is 2. The Bertz CT molecular complexity index is 661. The highest BCUT2D eigenvalue weighted by Gasteiger charge is 2.38. The standard InChI is InChI=1S/C15H17ClFN3O/c1-21-15(5-2-6-15)8-12-13(14(18)20-19-12)10-4-3-9(17)7-11(10)16/h3-4,7H,2,5-6,8H2,1H3,(H3,18,19,20). The van der Waals surface area contributed by atoms with E-state index in [2.05, 4.69) is 10.2 Å². The molecule has 2 aromatic rings. The third kappa shape index (κ3) is 2.51. The summed E-state index contributed by atoms with van der Waals surface area (Å²) in [6, 6.07) is 4.28. The zero-order chi connectivity index (χ0) is 15.0. The maximum absolute atomic E-state index is 13.2. The van der Waals surface area contributed by atoms with Crippen molar-refractivity contribution in [2.45, 2.75) is 31.3 Å². The molecule has 0 bridgehead atoms. The van der Waals surface area contributed by atoms with Crippen LogP contribution in [0.2, 0.25) is 5.02 Å². The van der Waals surface area contributed by atoms with Crippen molar-refractivity contribution in [3.8, 4) is 11.1 Å². The van der Waals surface area contributed by atoms with Crippen molar-refractivity contribution in [2.75, 3.05) is 12.8 Å². The number of nitrogens with zero attached hydrogens (tertiary/aromatic N) is 1. The first-order valence-corrected chi connectivity index (χ1v) is 7.26. The number of H-pyrrole nitrogens is 1. The molecule has 1 saturated carbocycles. The van der Waals surface area contributed by atoms with E-state index in [0.29, 0.717) is 22.8 Å². The highest BCUT2D eigenvalue weighted by molar-refractivity contribution is 6.33. The van der Waals surface area contributed by atoms with Crippen LogP contribution in [0.25, 0.3) is 11.1 Å². The Morgan fingerprint density at radius 1 is 1.48 bits per heavy atom. The molecule has 0 aliphatic heterocycles. The molecule has 6 heteroatoms. The van der Waals surface area contributed by atoms with Crippen LogP contribution in [0.3, 0.4) is 0 Å². The minimum absolute atomic E-state index is 0.153. The van der Waals surface area contributed by atoms with E-state index in [1.54, 1.807) is 13.2 Å². The molecule has 1 fully saturated rings. The summed E-state index contributed by atoms with van der Waals surface area (Å²) < 4.78 is 18.9. The number of nitrogen functional groups attached to an aromatic ring is 1. The number of anilines is 1. The SMILES string of the molecule is COC1(Cc2[nH]nc(N)c2-c2ccc(F)cc2Cl)CCC1. The predicted molar refractivity (Wildman–Crippen MR) is 80.7 cm³/mol. The smallest absolute Gasteiger partial charge is 0.153 e. The van der Waals surface area contributed by atoms with Crippen LogP contribution in [0.15, 0.2) is 18.2 Å². The maximum atomic E-state index is 13.2. The van der Waals surface area contributed by atoms with Gasteiger partial charge in [-0.2, -0.15) is 5.10 Å². The van der Waals surface area contributed by atoms with Crippen LogP contribution >= 0.6 is 11.6 Å². The Kier molecular flexibility index (Phi) is 3.63. The van der Waals surface area contributed by atoms with Gasteiger partial charge in [-0.25, -0.2) is 4.39 Å². The first-order chi connectivity index (χ1) is 10.0. The van der Waals surface area contributed by atoms with E-state index in [1.807, 2.05) is 0 Å². The number of nitrogens with one attached hydrogen (secondary N) is 1. The minimum Gasteiger partial charge on any atom is -0.382 e. The second kappa shape index (κ2) is 5.31. The van der Waals surface area contributed by atoms with Gasteiger partial charge >= 0.3 is 0 Å². The van der Waals surface area contributed by atoms with Crippen LogP contribution in [0.1, 0.15) is 25.0 Å². The maximum Gasteiger partial charge on any atom is 0.153 e. The van der Waals surface area contributed by atoms with E-state index in [0.717, 1.165) is 30.5 Å². The van der Waals surface area contributed by atoms with Gasteiger partial charge < -0.3 is 10.5 Å². The number of hydrogen-bond acceptors (Lipinski definition) is 3. The topological polar surface area (TPSA) is 63.9 Å². The molecule has 21 heavy (non-hydrogen) atoms. The summed E-state index contributed by atoms with van der Waals surface area (Å²) in [5.74, 6) is -0.0104. The Labute approximate surface area is 127 Å². The van der Waals surface area contributed by atoms with Gasteiger partial charge in [-0.15, -0.1) is 0 Å². The van der Waals surface area contributed by atoms with Crippen LogP contribution in [-0.4, -0.2) is 22.9 Å². The lowest BCUT2D eigenvalue weighted by Gasteiger charge is -2.40. The fourth-order valence-corrected chi connectivity index (χ4v) is 3.12. The molecule has 112 valence electrons. The summed E-state index contributed by atoms with van der Waals surface area (Å²) in [7, 11) is 1.73. The zero-order valence-corrected chi connectivity index (χ0v) is 12.5. The number of rotatable bonds is 4. The van der Waals surface area contributed by atoms with Crippen LogP contribution in [0, 0.1) is 5.82 Å². The molecule has 0 atom stereocenters. The summed E-state index contributed by atoms with van der Waals surface area (Å²) in [6.07, 6.45) is 3.87. The Balaban J connectivity index is 2.01. The monoisotopic (exact) mass is 309 g/mol. The van der Waals surface area contributed by atoms with Crippen molar-refractivity contribution < 1.29 is 9.13 Å². The average molecular weight is 310 g/mol. The van der Waals surface area contributed by atoms with E-state index in [1.165, 1.54) is 12.1 Å². The summed E-state index contributed by atoms with van der Waals surface area (Å²) in [5, 5.41) is 7.37. The highest BCUT2D eigenvalue weighted by atomic mass is 35.5. The van der Waals surface area contributed by atoms with Crippen molar-refractivity contribution in [3.05, 3.63) is 34.7 Å². The van der Waals surface area contributed by atoms with Crippen molar-refractivity contribution in [2.24, 2.45) is 0 Å². The van der Waals surface area contributed by atoms with E-state index in [4.69, 9.17) is 22.1 Å². The van der Waals surface area contributed by atoms with Crippen LogP contribution < -0.4 is 5.73 Å². The van der Waals surface area contributed by atoms with Gasteiger partial charge in [-0.1, -0.05) is 11.6 Å². The lowest BCUT2D eigenvalue weighted by molar-refractivity contribution is -0.0713. The van der Waals surface area contributed by atoms with Crippen molar-refractivity contribution >= 4 is 17.4 Å². The normalized spacial score (nSPS) is 16.7. The molecule has 0 unspecified atom stereocenters. The highest BCUT2D eigenvalue weighted by Crippen LogP contribution is 2.41. The van der Waals surface area contributed by atoms with Crippen LogP contribution in [-0.2, 0) is 11.2 Å². The second-order valence-electron chi connectivity index (χ2n) is 5.50. The zero-order valence-electron chi connectivity index (χ0n) is 11.7. The predicted octanol–water partition coefficient (Wildman–Crippen LogP) is 3.56. The summed E-state index contributed by atoms with van der Waals surface area (Å²) in [6.45, 7) is 0. The van der Waals surface area contributed by atoms with E-state index in [9.17, 15) is 4.39 Å². The molecular weight excluding hydrogens is 293 g/mol. The van der Waals surface area contributed by atoms with Crippen molar-refractivity contribution in [1.82, 2.24) is 10.2 Å². The number of methoxy groups -OCH3 is 1. The molecule has 1 aliphatic carbocycles. The molecule has 3 rings (SSSR count). The molecule has 3 N–H and O–H groups in total. The molecule has 1 heterocycles. The minimum atomic E-state index is -0.375. The Morgan fingerprint density at radius 3 is 2.81 bits per heavy atom. The van der Waals surface area contributed by atoms with Gasteiger partial charge in [0.05, 0.1) is 10.6 Å². The summed E-state index contributed by atoms with van der Waals surface area (Å²) in [5.41, 5.74) is 8.11. The van der Waals surface area contributed by atoms with Gasteiger partial charge in [0.25, 0.3) is 0 Å². The molecule has 1 aliphatic rings. The summed E-state index contributed by atoms with van der Waals surface area (Å²) in [4.78, 5) is 0. The fourth-order valence-electron chi connectivity index (χ4n) is 2.86. The van der Waals surface area contributed by atoms with Gasteiger partial charge in [-0.3, -0.25) is 5.10 Å². The molecule has 0 amide bonds. The van der Waals surface area contributed by atoms with Gasteiger partial charge in [-0.05, 0) is 37.5 Å². The van der Waals surface area contributed by atoms with E-state index >= 15 is 0 Å². The van der Waals surface area contributed by atoms with Gasteiger partial charge in [0.1, 0.15) is 5.82 Å². The average Bonchev–Trinajstić information content (AvgIpc) is 2.75. The quantitative estimate of drug-likeness (QED) is 0.907. The molecule has 0 radical (unpaired) electrons. The van der Waals surface area contributed by atoms with Gasteiger partial charge in [0.2, 0.25) is 0 Å². The van der Waals surface area contributed by atoms with Crippen molar-refractivity contribution in [3.63, 3.8) is 0 Å². The molecule has 1 aromatic heterocycles. The third-order valence-electron chi connectivity index (χ3n) is 4.27. The second-order valence-corrected chi connectivity index (χ2v) is 5.91. The Morgan fingerprint density at radius 2 is 2.24 bits per heavy atom. The van der Waals surface area contributed by atoms with Crippen LogP contribution in [0.5, 0.6) is 0 Å². The van der Waals surface area contributed by atoms with Gasteiger partial charge in [0.15, 0.2) is 5.82 Å². The number of ether oxygens (including phenoxy) is 1. The molecule has 0 saturated heterocycles. The number of nitrogens with two attached hydrogens (primary N) is 1. The Hall–Kier alpha value is -1.59. The largest absolute Gasteiger partial charge is 0.382 e. The lowest BCUT2D eigenvalue weighted by atomic mass is 9.76. The first-order valence-electron chi connectivity index (χ1n) is 6.88. The van der Waals surface area contributed by atoms with Gasteiger partial charge in [0, 0.05) is 30.4 Å². The third-order valence-corrected chi connectivity index (χ3v) is 4.58.